The Kier molecular flexibility index (Phi) is 6.76. The van der Waals surface area contributed by atoms with Crippen LogP contribution in [0.4, 0.5) is 23.4 Å². The van der Waals surface area contributed by atoms with E-state index in [9.17, 15) is 22.4 Å². The van der Waals surface area contributed by atoms with Gasteiger partial charge in [-0.25, -0.2) is 19.3 Å². The zero-order valence-corrected chi connectivity index (χ0v) is 18.4. The van der Waals surface area contributed by atoms with Crippen LogP contribution in [0.5, 0.6) is 0 Å². The van der Waals surface area contributed by atoms with E-state index in [0.29, 0.717) is 6.54 Å². The number of carbonyl (C=O) groups is 1. The quantitative estimate of drug-likeness (QED) is 0.525. The summed E-state index contributed by atoms with van der Waals surface area (Å²) in [6, 6.07) is 7.85. The van der Waals surface area contributed by atoms with Crippen LogP contribution in [0.15, 0.2) is 55.0 Å². The Hall–Kier alpha value is -3.56. The highest BCUT2D eigenvalue weighted by Gasteiger charge is 2.34. The van der Waals surface area contributed by atoms with Gasteiger partial charge in [0.05, 0.1) is 22.7 Å². The molecule has 4 rings (SSSR count). The average Bonchev–Trinajstić information content (AvgIpc) is 2.83. The molecule has 1 N–H and O–H groups in total. The fraction of sp³-hybridized carbons (Fsp3) is 0.333. The summed E-state index contributed by atoms with van der Waals surface area (Å²) in [5.74, 6) is -0.420. The van der Waals surface area contributed by atoms with E-state index >= 15 is 0 Å². The second kappa shape index (κ2) is 9.74. The topological polar surface area (TPSA) is 71.0 Å². The molecular formula is C24H23F4N5O. The first-order valence-corrected chi connectivity index (χ1v) is 10.9. The third-order valence-corrected chi connectivity index (χ3v) is 5.99. The Morgan fingerprint density at radius 1 is 1.12 bits per heavy atom. The van der Waals surface area contributed by atoms with Crippen LogP contribution in [0.2, 0.25) is 0 Å². The Labute approximate surface area is 194 Å². The largest absolute Gasteiger partial charge is 0.417 e. The summed E-state index contributed by atoms with van der Waals surface area (Å²) < 4.78 is 53.1. The molecule has 10 heteroatoms. The minimum Gasteiger partial charge on any atom is -0.368 e. The lowest BCUT2D eigenvalue weighted by Gasteiger charge is -2.40. The Bertz CT molecular complexity index is 1140. The van der Waals surface area contributed by atoms with Gasteiger partial charge in [0.1, 0.15) is 11.6 Å². The van der Waals surface area contributed by atoms with Gasteiger partial charge in [-0.15, -0.1) is 0 Å². The van der Waals surface area contributed by atoms with Gasteiger partial charge in [-0.2, -0.15) is 13.2 Å². The number of amides is 1. The van der Waals surface area contributed by atoms with Crippen LogP contribution >= 0.6 is 0 Å². The molecule has 34 heavy (non-hydrogen) atoms. The van der Waals surface area contributed by atoms with Crippen molar-refractivity contribution in [3.8, 4) is 11.4 Å². The van der Waals surface area contributed by atoms with Crippen LogP contribution in [-0.4, -0.2) is 44.9 Å². The maximum Gasteiger partial charge on any atom is 0.417 e. The van der Waals surface area contributed by atoms with Crippen molar-refractivity contribution in [1.82, 2.24) is 19.9 Å². The Balaban J connectivity index is 1.57. The van der Waals surface area contributed by atoms with Crippen molar-refractivity contribution < 1.29 is 22.4 Å². The van der Waals surface area contributed by atoms with Crippen molar-refractivity contribution in [2.45, 2.75) is 32.0 Å². The SMILES string of the molecule is CC1CCCN(C(=O)c2cccc(F)c2-c2ncccn2)C1CNc1ccc(C(F)(F)F)cn1. The highest BCUT2D eigenvalue weighted by Crippen LogP contribution is 2.31. The molecule has 1 aromatic carbocycles. The van der Waals surface area contributed by atoms with Gasteiger partial charge < -0.3 is 10.2 Å². The molecule has 2 atom stereocenters. The molecule has 2 unspecified atom stereocenters. The number of hydrogen-bond acceptors (Lipinski definition) is 5. The number of likely N-dealkylation sites (tertiary alicyclic amines) is 1. The molecule has 0 saturated carbocycles. The van der Waals surface area contributed by atoms with Gasteiger partial charge in [0.15, 0.2) is 5.82 Å². The van der Waals surface area contributed by atoms with Crippen molar-refractivity contribution in [1.29, 1.82) is 0 Å². The normalized spacial score (nSPS) is 18.6. The summed E-state index contributed by atoms with van der Waals surface area (Å²) in [5, 5.41) is 3.05. The number of anilines is 1. The number of halogens is 4. The number of benzene rings is 1. The molecule has 6 nitrogen and oxygen atoms in total. The van der Waals surface area contributed by atoms with Crippen LogP contribution in [0, 0.1) is 11.7 Å². The number of nitrogens with one attached hydrogen (secondary N) is 1. The Morgan fingerprint density at radius 3 is 2.56 bits per heavy atom. The van der Waals surface area contributed by atoms with E-state index in [2.05, 4.69) is 20.3 Å². The van der Waals surface area contributed by atoms with E-state index in [4.69, 9.17) is 0 Å². The number of carbonyl (C=O) groups excluding carboxylic acids is 1. The maximum atomic E-state index is 14.8. The zero-order valence-electron chi connectivity index (χ0n) is 18.4. The molecular weight excluding hydrogens is 450 g/mol. The first-order chi connectivity index (χ1) is 16.3. The van der Waals surface area contributed by atoms with Crippen LogP contribution in [0.25, 0.3) is 11.4 Å². The van der Waals surface area contributed by atoms with Crippen molar-refractivity contribution >= 4 is 11.7 Å². The van der Waals surface area contributed by atoms with E-state index in [-0.39, 0.29) is 47.2 Å². The number of hydrogen-bond donors (Lipinski definition) is 1. The molecule has 1 amide bonds. The molecule has 0 spiro atoms. The first-order valence-electron chi connectivity index (χ1n) is 10.9. The van der Waals surface area contributed by atoms with Gasteiger partial charge in [-0.05, 0) is 49.1 Å². The minimum absolute atomic E-state index is 0.0439. The second-order valence-corrected chi connectivity index (χ2v) is 8.23. The van der Waals surface area contributed by atoms with Gasteiger partial charge in [0.25, 0.3) is 5.91 Å². The lowest BCUT2D eigenvalue weighted by molar-refractivity contribution is -0.137. The number of piperidine rings is 1. The van der Waals surface area contributed by atoms with Crippen LogP contribution in [-0.2, 0) is 6.18 Å². The predicted octanol–water partition coefficient (Wildman–Crippen LogP) is 5.05. The molecule has 2 aromatic heterocycles. The van der Waals surface area contributed by atoms with Crippen molar-refractivity contribution in [3.05, 3.63) is 71.9 Å². The molecule has 1 saturated heterocycles. The molecule has 1 fully saturated rings. The van der Waals surface area contributed by atoms with E-state index in [0.717, 1.165) is 25.1 Å². The monoisotopic (exact) mass is 473 g/mol. The Morgan fingerprint density at radius 2 is 1.88 bits per heavy atom. The molecule has 178 valence electrons. The molecule has 1 aliphatic heterocycles. The van der Waals surface area contributed by atoms with Crippen molar-refractivity contribution in [2.24, 2.45) is 5.92 Å². The average molecular weight is 473 g/mol. The lowest BCUT2D eigenvalue weighted by Crippen LogP contribution is -2.51. The molecule has 0 radical (unpaired) electrons. The van der Waals surface area contributed by atoms with Crippen molar-refractivity contribution in [2.75, 3.05) is 18.4 Å². The van der Waals surface area contributed by atoms with Gasteiger partial charge in [0, 0.05) is 31.7 Å². The summed E-state index contributed by atoms with van der Waals surface area (Å²) in [4.78, 5) is 27.4. The fourth-order valence-electron chi connectivity index (χ4n) is 4.20. The smallest absolute Gasteiger partial charge is 0.368 e. The van der Waals surface area contributed by atoms with Gasteiger partial charge in [-0.1, -0.05) is 13.0 Å². The maximum absolute atomic E-state index is 14.8. The third-order valence-electron chi connectivity index (χ3n) is 5.99. The highest BCUT2D eigenvalue weighted by atomic mass is 19.4. The van der Waals surface area contributed by atoms with Gasteiger partial charge in [-0.3, -0.25) is 4.79 Å². The summed E-state index contributed by atoms with van der Waals surface area (Å²) in [6.45, 7) is 2.78. The van der Waals surface area contributed by atoms with Crippen LogP contribution < -0.4 is 5.32 Å². The molecule has 1 aliphatic rings. The van der Waals surface area contributed by atoms with E-state index in [1.165, 1.54) is 30.6 Å². The summed E-state index contributed by atoms with van der Waals surface area (Å²) in [7, 11) is 0. The fourth-order valence-corrected chi connectivity index (χ4v) is 4.20. The summed E-state index contributed by atoms with van der Waals surface area (Å²) >= 11 is 0. The number of alkyl halides is 3. The van der Waals surface area contributed by atoms with E-state index < -0.39 is 17.6 Å². The van der Waals surface area contributed by atoms with Crippen LogP contribution in [0.1, 0.15) is 35.7 Å². The standard InChI is InChI=1S/C24H23F4N5O/c1-15-5-3-12-33(19(15)14-32-20-9-8-16(13-31-20)24(26,27)28)23(34)17-6-2-7-18(25)21(17)22-29-10-4-11-30-22/h2,4,6-11,13,15,19H,3,5,12,14H2,1H3,(H,31,32). The van der Waals surface area contributed by atoms with Gasteiger partial charge in [0.2, 0.25) is 0 Å². The lowest BCUT2D eigenvalue weighted by atomic mass is 9.89. The molecule has 0 bridgehead atoms. The van der Waals surface area contributed by atoms with E-state index in [1.54, 1.807) is 17.0 Å². The van der Waals surface area contributed by atoms with Crippen molar-refractivity contribution in [3.63, 3.8) is 0 Å². The molecule has 0 aliphatic carbocycles. The molecule has 3 aromatic rings. The van der Waals surface area contributed by atoms with E-state index in [1.807, 2.05) is 6.92 Å². The first kappa shape index (κ1) is 23.6. The summed E-state index contributed by atoms with van der Waals surface area (Å²) in [6.07, 6.45) is 0.945. The number of pyridine rings is 1. The molecule has 3 heterocycles. The number of nitrogens with zero attached hydrogens (tertiary/aromatic N) is 4. The predicted molar refractivity (Wildman–Crippen MR) is 118 cm³/mol. The zero-order chi connectivity index (χ0) is 24.3. The summed E-state index contributed by atoms with van der Waals surface area (Å²) in [5.41, 5.74) is -0.622. The second-order valence-electron chi connectivity index (χ2n) is 8.23. The third kappa shape index (κ3) is 5.00. The number of rotatable bonds is 5. The highest BCUT2D eigenvalue weighted by molar-refractivity contribution is 6.00. The van der Waals surface area contributed by atoms with Crippen LogP contribution in [0.3, 0.4) is 0 Å². The minimum atomic E-state index is -4.46. The van der Waals surface area contributed by atoms with Gasteiger partial charge >= 0.3 is 6.18 Å². The number of aromatic nitrogens is 3.